The highest BCUT2D eigenvalue weighted by atomic mass is 16.3. The van der Waals surface area contributed by atoms with Crippen LogP contribution in [0.4, 0.5) is 0 Å². The number of rotatable bonds is 5. The smallest absolute Gasteiger partial charge is 0.164 e. The minimum Gasteiger partial charge on any atom is -0.455 e. The topological polar surface area (TPSA) is 51.8 Å². The number of fused-ring (bicyclic) bond motifs is 6. The van der Waals surface area contributed by atoms with E-state index in [0.29, 0.717) is 17.5 Å². The first-order chi connectivity index (χ1) is 25.3. The first-order valence-electron chi connectivity index (χ1n) is 17.1. The van der Waals surface area contributed by atoms with E-state index in [-0.39, 0.29) is 0 Å². The van der Waals surface area contributed by atoms with Crippen LogP contribution in [0.1, 0.15) is 0 Å². The lowest BCUT2D eigenvalue weighted by Gasteiger charge is -2.12. The highest BCUT2D eigenvalue weighted by molar-refractivity contribution is 6.21. The largest absolute Gasteiger partial charge is 0.455 e. The predicted molar refractivity (Wildman–Crippen MR) is 209 cm³/mol. The maximum atomic E-state index is 6.62. The van der Waals surface area contributed by atoms with Crippen LogP contribution >= 0.6 is 0 Å². The zero-order valence-electron chi connectivity index (χ0n) is 27.5. The Hall–Kier alpha value is -6.91. The third kappa shape index (κ3) is 5.04. The van der Waals surface area contributed by atoms with Gasteiger partial charge in [0.25, 0.3) is 0 Å². The molecule has 0 unspecified atom stereocenters. The molecule has 0 radical (unpaired) electrons. The summed E-state index contributed by atoms with van der Waals surface area (Å²) in [6.45, 7) is 0. The van der Waals surface area contributed by atoms with Crippen LogP contribution in [0.15, 0.2) is 180 Å². The molecule has 4 heteroatoms. The Labute approximate surface area is 294 Å². The summed E-state index contributed by atoms with van der Waals surface area (Å²) >= 11 is 0. The molecule has 2 heterocycles. The lowest BCUT2D eigenvalue weighted by molar-refractivity contribution is 0.673. The fraction of sp³-hybridized carbons (Fsp3) is 0. The van der Waals surface area contributed by atoms with E-state index in [1.165, 1.54) is 16.3 Å². The molecule has 51 heavy (non-hydrogen) atoms. The number of nitrogens with zero attached hydrogens (tertiary/aromatic N) is 3. The van der Waals surface area contributed by atoms with Crippen molar-refractivity contribution in [3.05, 3.63) is 176 Å². The van der Waals surface area contributed by atoms with Gasteiger partial charge in [-0.05, 0) is 56.6 Å². The average molecular weight is 652 g/mol. The monoisotopic (exact) mass is 651 g/mol. The van der Waals surface area contributed by atoms with E-state index >= 15 is 0 Å². The highest BCUT2D eigenvalue weighted by Gasteiger charge is 2.20. The Bertz CT molecular complexity index is 2900. The van der Waals surface area contributed by atoms with Crippen LogP contribution in [-0.4, -0.2) is 15.0 Å². The number of aromatic nitrogens is 3. The van der Waals surface area contributed by atoms with Gasteiger partial charge >= 0.3 is 0 Å². The van der Waals surface area contributed by atoms with Crippen LogP contribution in [0.2, 0.25) is 0 Å². The molecular weight excluding hydrogens is 623 g/mol. The minimum atomic E-state index is 0.613. The summed E-state index contributed by atoms with van der Waals surface area (Å²) in [5.41, 5.74) is 9.06. The molecule has 0 N–H and O–H groups in total. The molecule has 0 saturated heterocycles. The van der Waals surface area contributed by atoms with Crippen molar-refractivity contribution in [1.82, 2.24) is 15.0 Å². The molecule has 10 aromatic rings. The van der Waals surface area contributed by atoms with Crippen molar-refractivity contribution in [1.29, 1.82) is 0 Å². The zero-order chi connectivity index (χ0) is 33.7. The van der Waals surface area contributed by atoms with Crippen molar-refractivity contribution in [3.63, 3.8) is 0 Å². The third-order valence-electron chi connectivity index (χ3n) is 9.72. The lowest BCUT2D eigenvalue weighted by Crippen LogP contribution is -2.00. The summed E-state index contributed by atoms with van der Waals surface area (Å²) < 4.78 is 6.62. The fourth-order valence-electron chi connectivity index (χ4n) is 7.21. The molecule has 238 valence electrons. The van der Waals surface area contributed by atoms with E-state index in [0.717, 1.165) is 66.1 Å². The molecule has 0 aliphatic heterocycles. The van der Waals surface area contributed by atoms with Gasteiger partial charge in [0, 0.05) is 32.8 Å². The van der Waals surface area contributed by atoms with E-state index in [9.17, 15) is 0 Å². The van der Waals surface area contributed by atoms with E-state index in [1.54, 1.807) is 0 Å². The zero-order valence-corrected chi connectivity index (χ0v) is 27.5. The van der Waals surface area contributed by atoms with Crippen molar-refractivity contribution >= 4 is 43.5 Å². The summed E-state index contributed by atoms with van der Waals surface area (Å²) in [5, 5.41) is 6.60. The second-order valence-electron chi connectivity index (χ2n) is 12.8. The molecule has 0 saturated carbocycles. The summed E-state index contributed by atoms with van der Waals surface area (Å²) in [6.07, 6.45) is 0. The van der Waals surface area contributed by atoms with Gasteiger partial charge in [-0.1, -0.05) is 158 Å². The average Bonchev–Trinajstić information content (AvgIpc) is 3.60. The van der Waals surface area contributed by atoms with Crippen LogP contribution in [-0.2, 0) is 0 Å². The Balaban J connectivity index is 1.18. The van der Waals surface area contributed by atoms with E-state index in [4.69, 9.17) is 19.4 Å². The molecular formula is C47H29N3O. The van der Waals surface area contributed by atoms with E-state index in [2.05, 4.69) is 133 Å². The van der Waals surface area contributed by atoms with Gasteiger partial charge in [-0.25, -0.2) is 15.0 Å². The minimum absolute atomic E-state index is 0.613. The molecule has 8 aromatic carbocycles. The van der Waals surface area contributed by atoms with E-state index in [1.807, 2.05) is 42.5 Å². The summed E-state index contributed by atoms with van der Waals surface area (Å²) in [6, 6.07) is 61.0. The van der Waals surface area contributed by atoms with Crippen LogP contribution in [0.3, 0.4) is 0 Å². The van der Waals surface area contributed by atoms with Gasteiger partial charge in [0.15, 0.2) is 17.5 Å². The maximum Gasteiger partial charge on any atom is 0.164 e. The number of furan rings is 1. The summed E-state index contributed by atoms with van der Waals surface area (Å²) in [7, 11) is 0. The molecule has 0 aliphatic rings. The Morgan fingerprint density at radius 3 is 1.69 bits per heavy atom. The summed E-state index contributed by atoms with van der Waals surface area (Å²) in [5.74, 6) is 1.86. The molecule has 0 amide bonds. The molecule has 0 bridgehead atoms. The molecule has 0 aliphatic carbocycles. The number of hydrogen-bond donors (Lipinski definition) is 0. The molecule has 2 aromatic heterocycles. The quantitative estimate of drug-likeness (QED) is 0.186. The van der Waals surface area contributed by atoms with Crippen LogP contribution < -0.4 is 0 Å². The van der Waals surface area contributed by atoms with Gasteiger partial charge in [0.2, 0.25) is 0 Å². The van der Waals surface area contributed by atoms with Gasteiger partial charge in [0.1, 0.15) is 11.2 Å². The van der Waals surface area contributed by atoms with E-state index < -0.39 is 0 Å². The van der Waals surface area contributed by atoms with Gasteiger partial charge in [-0.3, -0.25) is 0 Å². The second-order valence-corrected chi connectivity index (χ2v) is 12.8. The van der Waals surface area contributed by atoms with Crippen molar-refractivity contribution < 1.29 is 4.42 Å². The lowest BCUT2D eigenvalue weighted by atomic mass is 9.96. The molecule has 0 spiro atoms. The predicted octanol–water partition coefficient (Wildman–Crippen LogP) is 12.4. The molecule has 0 atom stereocenters. The number of hydrogen-bond acceptors (Lipinski definition) is 4. The standard InChI is InChI=1S/C47H29N3O/c1-3-13-32(14-4-1)37-20-11-21-42-43(37)41-29-40(38-18-9-10-19-39(38)44(41)51-42)47-49-45(33-15-5-2-6-16-33)48-46(50-47)34-25-22-31(23-26-34)36-27-24-30-12-7-8-17-35(30)28-36/h1-29H. The van der Waals surface area contributed by atoms with Crippen molar-refractivity contribution in [2.24, 2.45) is 0 Å². The Morgan fingerprint density at radius 1 is 0.333 bits per heavy atom. The third-order valence-corrected chi connectivity index (χ3v) is 9.72. The van der Waals surface area contributed by atoms with Crippen LogP contribution in [0, 0.1) is 0 Å². The fourth-order valence-corrected chi connectivity index (χ4v) is 7.21. The molecule has 4 nitrogen and oxygen atoms in total. The molecule has 10 rings (SSSR count). The first-order valence-corrected chi connectivity index (χ1v) is 17.1. The second kappa shape index (κ2) is 11.9. The van der Waals surface area contributed by atoms with Gasteiger partial charge in [-0.2, -0.15) is 0 Å². The van der Waals surface area contributed by atoms with Gasteiger partial charge in [-0.15, -0.1) is 0 Å². The number of benzene rings is 8. The van der Waals surface area contributed by atoms with Crippen LogP contribution in [0.25, 0.3) is 99.9 Å². The molecule has 0 fully saturated rings. The first kappa shape index (κ1) is 29.0. The SMILES string of the molecule is c1ccc(-c2nc(-c3ccc(-c4ccc5ccccc5c4)cc3)nc(-c3cc4c(oc5cccc(-c6ccccc6)c54)c4ccccc34)n2)cc1. The van der Waals surface area contributed by atoms with Crippen LogP contribution in [0.5, 0.6) is 0 Å². The van der Waals surface area contributed by atoms with Gasteiger partial charge in [0.05, 0.1) is 0 Å². The highest BCUT2D eigenvalue weighted by Crippen LogP contribution is 2.43. The normalized spacial score (nSPS) is 11.5. The maximum absolute atomic E-state index is 6.62. The van der Waals surface area contributed by atoms with Crippen molar-refractivity contribution in [2.75, 3.05) is 0 Å². The Kier molecular flexibility index (Phi) is 6.78. The van der Waals surface area contributed by atoms with Crippen molar-refractivity contribution in [2.45, 2.75) is 0 Å². The van der Waals surface area contributed by atoms with Gasteiger partial charge < -0.3 is 4.42 Å². The summed E-state index contributed by atoms with van der Waals surface area (Å²) in [4.78, 5) is 15.4. The Morgan fingerprint density at radius 2 is 0.922 bits per heavy atom. The van der Waals surface area contributed by atoms with Crippen molar-refractivity contribution in [3.8, 4) is 56.4 Å².